The molecule has 0 saturated carbocycles. The van der Waals surface area contributed by atoms with Gasteiger partial charge in [0.05, 0.1) is 18.0 Å². The first kappa shape index (κ1) is 24.8. The Labute approximate surface area is 206 Å². The van der Waals surface area contributed by atoms with E-state index < -0.39 is 53.8 Å². The number of aliphatic hydroxyl groups is 1. The molecule has 36 heavy (non-hydrogen) atoms. The highest BCUT2D eigenvalue weighted by molar-refractivity contribution is 5.99. The van der Waals surface area contributed by atoms with E-state index in [1.807, 2.05) is 12.1 Å². The van der Waals surface area contributed by atoms with Gasteiger partial charge >= 0.3 is 0 Å². The molecule has 1 fully saturated rings. The molecule has 0 bridgehead atoms. The minimum atomic E-state index is -2.25. The van der Waals surface area contributed by atoms with Crippen LogP contribution in [0.15, 0.2) is 66.7 Å². The summed E-state index contributed by atoms with van der Waals surface area (Å²) >= 11 is 0. The van der Waals surface area contributed by atoms with Crippen molar-refractivity contribution < 1.29 is 24.3 Å². The normalized spacial score (nSPS) is 22.0. The molecule has 8 N–H and O–H groups in total. The number of para-hydroxylation sites is 1. The van der Waals surface area contributed by atoms with Crippen LogP contribution in [0, 0.1) is 0 Å². The molecule has 4 rings (SSSR count). The van der Waals surface area contributed by atoms with Gasteiger partial charge < -0.3 is 27.2 Å². The summed E-state index contributed by atoms with van der Waals surface area (Å²) in [5.74, 6) is -3.97. The van der Waals surface area contributed by atoms with E-state index in [4.69, 9.17) is 11.5 Å². The number of fused-ring (bicyclic) bond motifs is 1. The van der Waals surface area contributed by atoms with Crippen molar-refractivity contribution in [1.29, 1.82) is 0 Å². The molecule has 1 saturated heterocycles. The van der Waals surface area contributed by atoms with Crippen LogP contribution < -0.4 is 27.4 Å². The molecule has 1 aliphatic heterocycles. The van der Waals surface area contributed by atoms with E-state index in [9.17, 15) is 24.3 Å². The average Bonchev–Trinajstić information content (AvgIpc) is 3.20. The number of primary amides is 2. The number of nitrogens with two attached hydrogens (primary N) is 2. The summed E-state index contributed by atoms with van der Waals surface area (Å²) in [5, 5.41) is 19.5. The Morgan fingerprint density at radius 2 is 1.72 bits per heavy atom. The van der Waals surface area contributed by atoms with Crippen molar-refractivity contribution in [2.75, 3.05) is 6.54 Å². The zero-order chi connectivity index (χ0) is 25.9. The van der Waals surface area contributed by atoms with Crippen LogP contribution in [0.25, 0.3) is 10.9 Å². The van der Waals surface area contributed by atoms with Crippen LogP contribution in [0.2, 0.25) is 0 Å². The van der Waals surface area contributed by atoms with Gasteiger partial charge in [0.1, 0.15) is 11.7 Å². The fourth-order valence-electron chi connectivity index (χ4n) is 4.33. The van der Waals surface area contributed by atoms with Gasteiger partial charge in [-0.15, -0.1) is 0 Å². The highest BCUT2D eigenvalue weighted by Gasteiger charge is 2.53. The molecule has 2 heterocycles. The molecule has 0 spiro atoms. The zero-order valence-corrected chi connectivity index (χ0v) is 19.2. The number of pyridine rings is 1. The van der Waals surface area contributed by atoms with E-state index in [0.717, 1.165) is 10.9 Å². The molecule has 1 aromatic heterocycles. The number of nitrogens with one attached hydrogen (secondary N) is 3. The lowest BCUT2D eigenvalue weighted by atomic mass is 9.88. The molecule has 4 amide bonds. The molecule has 186 valence electrons. The van der Waals surface area contributed by atoms with Crippen LogP contribution in [0.4, 0.5) is 0 Å². The van der Waals surface area contributed by atoms with Gasteiger partial charge in [0.15, 0.2) is 0 Å². The Balaban J connectivity index is 1.58. The van der Waals surface area contributed by atoms with Gasteiger partial charge in [-0.25, -0.2) is 4.98 Å². The maximum atomic E-state index is 13.3. The zero-order valence-electron chi connectivity index (χ0n) is 19.2. The number of hydrogen-bond donors (Lipinski definition) is 6. The summed E-state index contributed by atoms with van der Waals surface area (Å²) in [4.78, 5) is 54.3. The number of benzene rings is 2. The minimum absolute atomic E-state index is 0.0364. The third-order valence-electron chi connectivity index (χ3n) is 6.20. The lowest BCUT2D eigenvalue weighted by molar-refractivity contribution is -0.142. The predicted molar refractivity (Wildman–Crippen MR) is 130 cm³/mol. The Hall–Kier alpha value is -4.35. The smallest absolute Gasteiger partial charge is 0.270 e. The maximum absolute atomic E-state index is 13.3. The van der Waals surface area contributed by atoms with Crippen molar-refractivity contribution in [3.63, 3.8) is 0 Å². The van der Waals surface area contributed by atoms with Crippen molar-refractivity contribution in [2.24, 2.45) is 11.5 Å². The van der Waals surface area contributed by atoms with E-state index in [1.165, 1.54) is 6.07 Å². The number of rotatable bonds is 8. The van der Waals surface area contributed by atoms with Gasteiger partial charge in [-0.1, -0.05) is 54.6 Å². The highest BCUT2D eigenvalue weighted by atomic mass is 16.3. The van der Waals surface area contributed by atoms with Crippen molar-refractivity contribution in [2.45, 2.75) is 30.1 Å². The lowest BCUT2D eigenvalue weighted by Gasteiger charge is -2.31. The first-order chi connectivity index (χ1) is 17.2. The Bertz CT molecular complexity index is 1320. The third kappa shape index (κ3) is 5.02. The second-order valence-electron chi connectivity index (χ2n) is 8.60. The molecule has 11 heteroatoms. The number of hydrogen-bond acceptors (Lipinski definition) is 7. The van der Waals surface area contributed by atoms with Gasteiger partial charge in [0.25, 0.3) is 11.8 Å². The fourth-order valence-corrected chi connectivity index (χ4v) is 4.33. The van der Waals surface area contributed by atoms with E-state index in [-0.39, 0.29) is 12.2 Å². The van der Waals surface area contributed by atoms with Crippen LogP contribution in [0.1, 0.15) is 28.4 Å². The molecule has 4 atom stereocenters. The number of nitrogens with zero attached hydrogens (tertiary/aromatic N) is 1. The Kier molecular flexibility index (Phi) is 6.95. The lowest BCUT2D eigenvalue weighted by Crippen LogP contribution is -2.65. The standard InChI is InChI=1S/C25H26N6O5/c26-20(32)12-19(30-22(33)18-11-10-15-8-4-5-9-17(15)29-18)23(34)31-21-16(14-6-2-1-3-7-14)13-28-25(21,36)24(27)35/h1-11,16,19,21,28,36H,12-13H2,(H2,26,32)(H2,27,35)(H,30,33)(H,31,34)/t16?,19-,21?,25+/m0/s1. The number of aromatic nitrogens is 1. The summed E-state index contributed by atoms with van der Waals surface area (Å²) in [6, 6.07) is 16.8. The Morgan fingerprint density at radius 1 is 1.03 bits per heavy atom. The van der Waals surface area contributed by atoms with E-state index >= 15 is 0 Å². The largest absolute Gasteiger partial charge is 0.370 e. The molecule has 2 aromatic carbocycles. The van der Waals surface area contributed by atoms with Gasteiger partial charge in [0.2, 0.25) is 17.5 Å². The van der Waals surface area contributed by atoms with Gasteiger partial charge in [-0.05, 0) is 17.7 Å². The molecule has 3 aromatic rings. The van der Waals surface area contributed by atoms with E-state index in [2.05, 4.69) is 20.9 Å². The Morgan fingerprint density at radius 3 is 2.42 bits per heavy atom. The maximum Gasteiger partial charge on any atom is 0.270 e. The predicted octanol–water partition coefficient (Wildman–Crippen LogP) is -0.746. The summed E-state index contributed by atoms with van der Waals surface area (Å²) in [6.45, 7) is 0.141. The van der Waals surface area contributed by atoms with Crippen molar-refractivity contribution >= 4 is 34.5 Å². The molecule has 11 nitrogen and oxygen atoms in total. The van der Waals surface area contributed by atoms with Gasteiger partial charge in [0, 0.05) is 17.8 Å². The minimum Gasteiger partial charge on any atom is -0.370 e. The molecular formula is C25H26N6O5. The summed E-state index contributed by atoms with van der Waals surface area (Å²) in [6.07, 6.45) is -0.518. The van der Waals surface area contributed by atoms with Crippen LogP contribution >= 0.6 is 0 Å². The van der Waals surface area contributed by atoms with Gasteiger partial charge in [-0.3, -0.25) is 24.5 Å². The van der Waals surface area contributed by atoms with E-state index in [1.54, 1.807) is 48.5 Å². The topological polar surface area (TPSA) is 190 Å². The average molecular weight is 491 g/mol. The van der Waals surface area contributed by atoms with Crippen molar-refractivity contribution in [3.8, 4) is 0 Å². The monoisotopic (exact) mass is 490 g/mol. The molecular weight excluding hydrogens is 464 g/mol. The van der Waals surface area contributed by atoms with Crippen LogP contribution in [0.5, 0.6) is 0 Å². The summed E-state index contributed by atoms with van der Waals surface area (Å²) < 4.78 is 0. The second-order valence-corrected chi connectivity index (χ2v) is 8.60. The van der Waals surface area contributed by atoms with Crippen LogP contribution in [-0.4, -0.2) is 58.1 Å². The van der Waals surface area contributed by atoms with Crippen LogP contribution in [0.3, 0.4) is 0 Å². The quantitative estimate of drug-likeness (QED) is 0.239. The second kappa shape index (κ2) is 10.1. The van der Waals surface area contributed by atoms with Gasteiger partial charge in [-0.2, -0.15) is 0 Å². The number of amides is 4. The number of carbonyl (C=O) groups excluding carboxylic acids is 4. The van der Waals surface area contributed by atoms with Crippen molar-refractivity contribution in [1.82, 2.24) is 20.9 Å². The summed E-state index contributed by atoms with van der Waals surface area (Å²) in [5.41, 5.74) is 9.87. The first-order valence-electron chi connectivity index (χ1n) is 11.3. The fraction of sp³-hybridized carbons (Fsp3) is 0.240. The first-order valence-corrected chi connectivity index (χ1v) is 11.3. The molecule has 0 radical (unpaired) electrons. The SMILES string of the molecule is NC(=O)C[C@H](NC(=O)c1ccc2ccccc2n1)C(=O)NC1C(c2ccccc2)CN[C@]1(O)C(N)=O. The highest BCUT2D eigenvalue weighted by Crippen LogP contribution is 2.31. The molecule has 1 aliphatic rings. The van der Waals surface area contributed by atoms with Crippen LogP contribution in [-0.2, 0) is 14.4 Å². The van der Waals surface area contributed by atoms with E-state index in [0.29, 0.717) is 5.52 Å². The molecule has 0 aliphatic carbocycles. The third-order valence-corrected chi connectivity index (χ3v) is 6.20. The number of carbonyl (C=O) groups is 4. The molecule has 2 unspecified atom stereocenters. The summed E-state index contributed by atoms with van der Waals surface area (Å²) in [7, 11) is 0. The van der Waals surface area contributed by atoms with Crippen molar-refractivity contribution in [3.05, 3.63) is 78.0 Å².